The maximum absolute atomic E-state index is 2.50. The molecule has 0 radical (unpaired) electrons. The number of rotatable bonds is 6. The summed E-state index contributed by atoms with van der Waals surface area (Å²) in [6, 6.07) is 25.2. The second kappa shape index (κ2) is 11.1. The van der Waals surface area contributed by atoms with Gasteiger partial charge in [-0.05, 0) is 62.5 Å². The van der Waals surface area contributed by atoms with Gasteiger partial charge in [0.1, 0.15) is 0 Å². The van der Waals surface area contributed by atoms with Gasteiger partial charge in [-0.2, -0.15) is 0 Å². The van der Waals surface area contributed by atoms with Gasteiger partial charge in [0.15, 0.2) is 0 Å². The van der Waals surface area contributed by atoms with Crippen LogP contribution < -0.4 is 5.30 Å². The van der Waals surface area contributed by atoms with Crippen molar-refractivity contribution in [2.75, 3.05) is 0 Å². The van der Waals surface area contributed by atoms with Gasteiger partial charge in [-0.25, -0.2) is 0 Å². The maximum Gasteiger partial charge on any atom is 0.0171 e. The van der Waals surface area contributed by atoms with Crippen molar-refractivity contribution in [2.45, 2.75) is 105 Å². The van der Waals surface area contributed by atoms with Crippen molar-refractivity contribution < 1.29 is 0 Å². The number of hydrogen-bond acceptors (Lipinski definition) is 0. The van der Waals surface area contributed by atoms with Gasteiger partial charge in [-0.3, -0.25) is 0 Å². The molecule has 0 nitrogen and oxygen atoms in total. The van der Waals surface area contributed by atoms with Gasteiger partial charge in [0, 0.05) is 10.6 Å². The van der Waals surface area contributed by atoms with E-state index in [1.807, 2.05) is 0 Å². The number of aryl methyl sites for hydroxylation is 1. The number of benzene rings is 3. The zero-order valence-corrected chi connectivity index (χ0v) is 25.3. The van der Waals surface area contributed by atoms with Gasteiger partial charge in [-0.1, -0.05) is 151 Å². The van der Waals surface area contributed by atoms with Gasteiger partial charge in [0.2, 0.25) is 0 Å². The summed E-state index contributed by atoms with van der Waals surface area (Å²) < 4.78 is 0. The monoisotopic (exact) mass is 498 g/mol. The van der Waals surface area contributed by atoms with E-state index in [2.05, 4.69) is 136 Å². The van der Waals surface area contributed by atoms with Crippen LogP contribution in [0.4, 0.5) is 0 Å². The molecule has 0 heterocycles. The first kappa shape index (κ1) is 28.4. The van der Waals surface area contributed by atoms with Crippen LogP contribution in [0.5, 0.6) is 0 Å². The molecule has 0 aliphatic rings. The molecule has 0 saturated heterocycles. The van der Waals surface area contributed by atoms with E-state index in [-0.39, 0.29) is 16.2 Å². The molecule has 0 unspecified atom stereocenters. The topological polar surface area (TPSA) is 0 Å². The van der Waals surface area contributed by atoms with Crippen molar-refractivity contribution in [3.63, 3.8) is 0 Å². The Hall–Kier alpha value is -2.17. The van der Waals surface area contributed by atoms with E-state index < -0.39 is 0 Å². The summed E-state index contributed by atoms with van der Waals surface area (Å²) in [4.78, 5) is 0. The molecule has 0 bridgehead atoms. The van der Waals surface area contributed by atoms with Gasteiger partial charge >= 0.3 is 0 Å². The Bertz CT molecular complexity index is 1160. The molecule has 0 fully saturated rings. The Kier molecular flexibility index (Phi) is 8.73. The molecular formula is C35H47P. The van der Waals surface area contributed by atoms with Crippen molar-refractivity contribution in [2.24, 2.45) is 0 Å². The molecule has 0 amide bonds. The molecule has 192 valence electrons. The van der Waals surface area contributed by atoms with Crippen LogP contribution in [-0.4, -0.2) is 5.29 Å². The SMILES string of the molecule is CCCCc1ccccc1C(=Pc1c(C(C)(C)C)cc(C(C)(C)C)cc1C(C)(C)C)c1ccccc1. The third-order valence-electron chi connectivity index (χ3n) is 6.93. The van der Waals surface area contributed by atoms with Crippen LogP contribution in [0.2, 0.25) is 0 Å². The lowest BCUT2D eigenvalue weighted by Gasteiger charge is -2.33. The van der Waals surface area contributed by atoms with Crippen LogP contribution in [0.15, 0.2) is 66.7 Å². The van der Waals surface area contributed by atoms with Gasteiger partial charge in [-0.15, -0.1) is 0 Å². The molecule has 0 aliphatic carbocycles. The molecule has 1 heteroatoms. The van der Waals surface area contributed by atoms with Crippen LogP contribution in [0.25, 0.3) is 0 Å². The fraction of sp³-hybridized carbons (Fsp3) is 0.457. The molecule has 0 aromatic heterocycles. The Morgan fingerprint density at radius 1 is 0.667 bits per heavy atom. The third-order valence-corrected chi connectivity index (χ3v) is 8.36. The van der Waals surface area contributed by atoms with Crippen LogP contribution in [-0.2, 0) is 22.7 Å². The average molecular weight is 499 g/mol. The number of hydrogen-bond donors (Lipinski definition) is 0. The lowest BCUT2D eigenvalue weighted by atomic mass is 9.75. The fourth-order valence-corrected chi connectivity index (χ4v) is 6.54. The van der Waals surface area contributed by atoms with E-state index in [0.29, 0.717) is 0 Å². The number of unbranched alkanes of at least 4 members (excludes halogenated alkanes) is 1. The Labute approximate surface area is 223 Å². The third kappa shape index (κ3) is 6.77. The summed E-state index contributed by atoms with van der Waals surface area (Å²) in [6.07, 6.45) is 3.56. The highest BCUT2D eigenvalue weighted by Gasteiger charge is 2.29. The molecular weight excluding hydrogens is 451 g/mol. The van der Waals surface area contributed by atoms with Gasteiger partial charge in [0.25, 0.3) is 0 Å². The summed E-state index contributed by atoms with van der Waals surface area (Å²) in [5.74, 6) is 0. The van der Waals surface area contributed by atoms with Crippen LogP contribution in [0, 0.1) is 0 Å². The average Bonchev–Trinajstić information content (AvgIpc) is 2.79. The molecule has 3 rings (SSSR count). The van der Waals surface area contributed by atoms with Crippen molar-refractivity contribution in [1.29, 1.82) is 0 Å². The van der Waals surface area contributed by atoms with E-state index in [0.717, 1.165) is 6.42 Å². The van der Waals surface area contributed by atoms with E-state index >= 15 is 0 Å². The zero-order chi connectivity index (χ0) is 26.7. The molecule has 0 N–H and O–H groups in total. The highest BCUT2D eigenvalue weighted by molar-refractivity contribution is 7.50. The fourth-order valence-electron chi connectivity index (χ4n) is 4.66. The van der Waals surface area contributed by atoms with Crippen molar-refractivity contribution >= 4 is 18.8 Å². The highest BCUT2D eigenvalue weighted by atomic mass is 31.1. The maximum atomic E-state index is 2.50. The summed E-state index contributed by atoms with van der Waals surface area (Å²) >= 11 is 0. The van der Waals surface area contributed by atoms with Crippen LogP contribution in [0.1, 0.15) is 115 Å². The molecule has 0 saturated carbocycles. The molecule has 0 spiro atoms. The normalized spacial score (nSPS) is 13.2. The van der Waals surface area contributed by atoms with Gasteiger partial charge < -0.3 is 0 Å². The quantitative estimate of drug-likeness (QED) is 0.297. The minimum atomic E-state index is 0.0487. The van der Waals surface area contributed by atoms with Crippen molar-refractivity contribution in [3.05, 3.63) is 100 Å². The Balaban J connectivity index is 2.45. The summed E-state index contributed by atoms with van der Waals surface area (Å²) in [5.41, 5.74) is 8.77. The van der Waals surface area contributed by atoms with E-state index in [1.54, 1.807) is 0 Å². The van der Waals surface area contributed by atoms with E-state index in [4.69, 9.17) is 0 Å². The minimum absolute atomic E-state index is 0.0487. The predicted molar refractivity (Wildman–Crippen MR) is 164 cm³/mol. The largest absolute Gasteiger partial charge is 0.0654 e. The first-order valence-corrected chi connectivity index (χ1v) is 14.5. The second-order valence-corrected chi connectivity index (χ2v) is 14.4. The lowest BCUT2D eigenvalue weighted by Crippen LogP contribution is -2.30. The lowest BCUT2D eigenvalue weighted by molar-refractivity contribution is 0.554. The van der Waals surface area contributed by atoms with Crippen LogP contribution >= 0.6 is 8.20 Å². The molecule has 0 aliphatic heterocycles. The van der Waals surface area contributed by atoms with Crippen LogP contribution in [0.3, 0.4) is 0 Å². The summed E-state index contributed by atoms with van der Waals surface area (Å²) in [5, 5.41) is 2.90. The Morgan fingerprint density at radius 2 is 1.19 bits per heavy atom. The summed E-state index contributed by atoms with van der Waals surface area (Å²) in [7, 11) is 1.29. The van der Waals surface area contributed by atoms with Crippen molar-refractivity contribution in [3.8, 4) is 0 Å². The van der Waals surface area contributed by atoms with Gasteiger partial charge in [0.05, 0.1) is 0 Å². The second-order valence-electron chi connectivity index (χ2n) is 13.3. The summed E-state index contributed by atoms with van der Waals surface area (Å²) in [6.45, 7) is 23.5. The molecule has 36 heavy (non-hydrogen) atoms. The smallest absolute Gasteiger partial charge is 0.0171 e. The standard InChI is InChI=1S/C35H47P/c1-11-12-18-25-19-16-17-22-28(25)31(26-20-14-13-15-21-26)36-32-29(34(5,6)7)23-27(33(2,3)4)24-30(32)35(8,9)10/h13-17,19-24H,11-12,18H2,1-10H3. The predicted octanol–water partition coefficient (Wildman–Crippen LogP) is 9.76. The van der Waals surface area contributed by atoms with E-state index in [1.165, 1.54) is 65.0 Å². The minimum Gasteiger partial charge on any atom is -0.0654 e. The molecule has 3 aromatic carbocycles. The molecule has 0 atom stereocenters. The zero-order valence-electron chi connectivity index (χ0n) is 24.4. The Morgan fingerprint density at radius 3 is 1.69 bits per heavy atom. The first-order valence-electron chi connectivity index (χ1n) is 13.7. The van der Waals surface area contributed by atoms with E-state index in [9.17, 15) is 0 Å². The van der Waals surface area contributed by atoms with Crippen molar-refractivity contribution in [1.82, 2.24) is 0 Å². The highest BCUT2D eigenvalue weighted by Crippen LogP contribution is 2.36. The molecule has 3 aromatic rings. The first-order chi connectivity index (χ1) is 16.7.